The second kappa shape index (κ2) is 6.52. The van der Waals surface area contributed by atoms with Gasteiger partial charge >= 0.3 is 0 Å². The lowest BCUT2D eigenvalue weighted by Gasteiger charge is -2.00. The summed E-state index contributed by atoms with van der Waals surface area (Å²) in [5.74, 6) is -1.02. The Morgan fingerprint density at radius 1 is 0.577 bits per heavy atom. The zero-order valence-electron chi connectivity index (χ0n) is 13.7. The van der Waals surface area contributed by atoms with Gasteiger partial charge in [-0.25, -0.2) is 8.78 Å². The SMILES string of the molecule is O=C1C(=Cc2ccccc2F)c2ccccc2C1=Cc1ccccc1F. The van der Waals surface area contributed by atoms with E-state index in [0.717, 1.165) is 11.1 Å². The van der Waals surface area contributed by atoms with E-state index in [1.165, 1.54) is 12.1 Å². The predicted molar refractivity (Wildman–Crippen MR) is 100.0 cm³/mol. The van der Waals surface area contributed by atoms with E-state index in [2.05, 4.69) is 0 Å². The fraction of sp³-hybridized carbons (Fsp3) is 0. The van der Waals surface area contributed by atoms with Gasteiger partial charge in [0.1, 0.15) is 11.6 Å². The highest BCUT2D eigenvalue weighted by atomic mass is 19.1. The summed E-state index contributed by atoms with van der Waals surface area (Å²) in [5, 5.41) is 0. The average molecular weight is 344 g/mol. The third-order valence-electron chi connectivity index (χ3n) is 4.41. The van der Waals surface area contributed by atoms with Gasteiger partial charge in [0, 0.05) is 22.3 Å². The van der Waals surface area contributed by atoms with Crippen molar-refractivity contribution in [1.29, 1.82) is 0 Å². The topological polar surface area (TPSA) is 17.1 Å². The zero-order valence-corrected chi connectivity index (χ0v) is 13.7. The van der Waals surface area contributed by atoms with Gasteiger partial charge in [0.15, 0.2) is 5.78 Å². The molecule has 0 spiro atoms. The van der Waals surface area contributed by atoms with Gasteiger partial charge in [0.05, 0.1) is 0 Å². The lowest BCUT2D eigenvalue weighted by molar-refractivity contribution is -0.108. The third kappa shape index (κ3) is 2.78. The first-order valence-corrected chi connectivity index (χ1v) is 8.22. The molecule has 0 aromatic heterocycles. The molecule has 1 aliphatic rings. The molecule has 0 aliphatic heterocycles. The van der Waals surface area contributed by atoms with Crippen molar-refractivity contribution in [3.63, 3.8) is 0 Å². The van der Waals surface area contributed by atoms with Gasteiger partial charge in [-0.1, -0.05) is 60.7 Å². The van der Waals surface area contributed by atoms with Crippen LogP contribution in [0.4, 0.5) is 8.78 Å². The Hall–Kier alpha value is -3.33. The molecule has 3 aromatic rings. The van der Waals surface area contributed by atoms with Crippen molar-refractivity contribution in [2.24, 2.45) is 0 Å². The number of benzene rings is 3. The van der Waals surface area contributed by atoms with Gasteiger partial charge in [-0.2, -0.15) is 0 Å². The monoisotopic (exact) mass is 344 g/mol. The summed E-state index contributed by atoms with van der Waals surface area (Å²) in [6.07, 6.45) is 3.11. The quantitative estimate of drug-likeness (QED) is 0.551. The maximum absolute atomic E-state index is 14.0. The van der Waals surface area contributed by atoms with Crippen LogP contribution in [0.2, 0.25) is 0 Å². The molecule has 0 N–H and O–H groups in total. The van der Waals surface area contributed by atoms with Gasteiger partial charge in [-0.05, 0) is 35.4 Å². The van der Waals surface area contributed by atoms with Crippen LogP contribution in [0.5, 0.6) is 0 Å². The molecule has 0 atom stereocenters. The Bertz CT molecular complexity index is 992. The summed E-state index contributed by atoms with van der Waals surface area (Å²) < 4.78 is 28.0. The first kappa shape index (κ1) is 16.2. The summed E-state index contributed by atoms with van der Waals surface area (Å²) in [5.41, 5.74) is 2.96. The van der Waals surface area contributed by atoms with Crippen LogP contribution in [0, 0.1) is 11.6 Å². The number of rotatable bonds is 2. The standard InChI is InChI=1S/C23H14F2O/c24-21-11-5-1-7-15(21)13-19-17-9-3-4-10-18(17)20(23(19)26)14-16-8-2-6-12-22(16)25/h1-14H. The molecule has 0 heterocycles. The number of ketones is 1. The maximum Gasteiger partial charge on any atom is 0.194 e. The van der Waals surface area contributed by atoms with Crippen LogP contribution in [0.1, 0.15) is 22.3 Å². The van der Waals surface area contributed by atoms with E-state index in [0.29, 0.717) is 22.3 Å². The first-order valence-electron chi connectivity index (χ1n) is 8.22. The second-order valence-electron chi connectivity index (χ2n) is 6.03. The molecule has 26 heavy (non-hydrogen) atoms. The Labute approximate surface area is 149 Å². The number of allylic oxidation sites excluding steroid dienone is 2. The lowest BCUT2D eigenvalue weighted by Crippen LogP contribution is -1.95. The highest BCUT2D eigenvalue weighted by molar-refractivity contribution is 6.51. The molecule has 1 aliphatic carbocycles. The van der Waals surface area contributed by atoms with E-state index < -0.39 is 11.6 Å². The normalized spacial score (nSPS) is 16.3. The maximum atomic E-state index is 14.0. The van der Waals surface area contributed by atoms with Crippen molar-refractivity contribution in [2.45, 2.75) is 0 Å². The summed E-state index contributed by atoms with van der Waals surface area (Å²) in [6, 6.07) is 19.9. The highest BCUT2D eigenvalue weighted by Crippen LogP contribution is 2.39. The van der Waals surface area contributed by atoms with Gasteiger partial charge in [0.2, 0.25) is 0 Å². The van der Waals surface area contributed by atoms with E-state index in [1.807, 2.05) is 24.3 Å². The number of carbonyl (C=O) groups excluding carboxylic acids is 1. The smallest absolute Gasteiger partial charge is 0.194 e. The van der Waals surface area contributed by atoms with Gasteiger partial charge in [-0.3, -0.25) is 4.79 Å². The fourth-order valence-corrected chi connectivity index (χ4v) is 3.12. The number of hydrogen-bond donors (Lipinski definition) is 0. The van der Waals surface area contributed by atoms with Crippen molar-refractivity contribution in [1.82, 2.24) is 0 Å². The van der Waals surface area contributed by atoms with Crippen molar-refractivity contribution in [3.8, 4) is 0 Å². The molecule has 0 radical (unpaired) electrons. The van der Waals surface area contributed by atoms with E-state index in [1.54, 1.807) is 48.6 Å². The molecule has 0 bridgehead atoms. The summed E-state index contributed by atoms with van der Waals surface area (Å²) in [7, 11) is 0. The Morgan fingerprint density at radius 2 is 0.962 bits per heavy atom. The van der Waals surface area contributed by atoms with Crippen LogP contribution >= 0.6 is 0 Å². The van der Waals surface area contributed by atoms with E-state index >= 15 is 0 Å². The summed E-state index contributed by atoms with van der Waals surface area (Å²) in [6.45, 7) is 0. The van der Waals surface area contributed by atoms with E-state index in [-0.39, 0.29) is 5.78 Å². The van der Waals surface area contributed by atoms with Crippen LogP contribution in [0.25, 0.3) is 23.3 Å². The summed E-state index contributed by atoms with van der Waals surface area (Å²) in [4.78, 5) is 13.0. The molecular weight excluding hydrogens is 330 g/mol. The van der Waals surface area contributed by atoms with Gasteiger partial charge < -0.3 is 0 Å². The molecule has 0 amide bonds. The Balaban J connectivity index is 1.89. The molecule has 0 saturated carbocycles. The predicted octanol–water partition coefficient (Wildman–Crippen LogP) is 5.63. The van der Waals surface area contributed by atoms with Crippen molar-refractivity contribution < 1.29 is 13.6 Å². The van der Waals surface area contributed by atoms with Crippen LogP contribution < -0.4 is 0 Å². The molecule has 3 aromatic carbocycles. The average Bonchev–Trinajstić information content (AvgIpc) is 2.91. The van der Waals surface area contributed by atoms with Crippen LogP contribution in [-0.4, -0.2) is 5.78 Å². The number of halogens is 2. The number of Topliss-reactive ketones (excluding diaryl/α,β-unsaturated/α-hetero) is 1. The van der Waals surface area contributed by atoms with E-state index in [9.17, 15) is 13.6 Å². The molecule has 4 rings (SSSR count). The fourth-order valence-electron chi connectivity index (χ4n) is 3.12. The van der Waals surface area contributed by atoms with E-state index in [4.69, 9.17) is 0 Å². The second-order valence-corrected chi connectivity index (χ2v) is 6.03. The Kier molecular flexibility index (Phi) is 4.05. The van der Waals surface area contributed by atoms with Crippen LogP contribution in [0.3, 0.4) is 0 Å². The minimum atomic E-state index is -0.392. The molecule has 1 nitrogen and oxygen atoms in total. The first-order chi connectivity index (χ1) is 12.6. The number of fused-ring (bicyclic) bond motifs is 1. The van der Waals surface area contributed by atoms with Crippen molar-refractivity contribution in [2.75, 3.05) is 0 Å². The Morgan fingerprint density at radius 3 is 1.38 bits per heavy atom. The van der Waals surface area contributed by atoms with Crippen LogP contribution in [-0.2, 0) is 4.79 Å². The number of carbonyl (C=O) groups is 1. The molecule has 126 valence electrons. The number of hydrogen-bond acceptors (Lipinski definition) is 1. The molecule has 0 unspecified atom stereocenters. The van der Waals surface area contributed by atoms with Crippen molar-refractivity contribution >= 4 is 29.1 Å². The molecule has 0 fully saturated rings. The largest absolute Gasteiger partial charge is 0.289 e. The minimum absolute atomic E-state index is 0.238. The van der Waals surface area contributed by atoms with Gasteiger partial charge in [0.25, 0.3) is 0 Å². The molecule has 3 heteroatoms. The zero-order chi connectivity index (χ0) is 18.1. The summed E-state index contributed by atoms with van der Waals surface area (Å²) >= 11 is 0. The van der Waals surface area contributed by atoms with Gasteiger partial charge in [-0.15, -0.1) is 0 Å². The highest BCUT2D eigenvalue weighted by Gasteiger charge is 2.29. The third-order valence-corrected chi connectivity index (χ3v) is 4.41. The minimum Gasteiger partial charge on any atom is -0.289 e. The lowest BCUT2D eigenvalue weighted by atomic mass is 10.0. The molecule has 0 saturated heterocycles. The molecular formula is C23H14F2O. The van der Waals surface area contributed by atoms with Crippen LogP contribution in [0.15, 0.2) is 72.8 Å². The van der Waals surface area contributed by atoms with Crippen molar-refractivity contribution in [3.05, 3.63) is 107 Å².